The summed E-state index contributed by atoms with van der Waals surface area (Å²) in [7, 11) is 3.24. The van der Waals surface area contributed by atoms with Gasteiger partial charge in [-0.05, 0) is 36.2 Å². The van der Waals surface area contributed by atoms with Crippen LogP contribution in [0.25, 0.3) is 0 Å². The minimum absolute atomic E-state index is 0.0771. The number of carbonyl (C=O) groups excluding carboxylic acids is 1. The van der Waals surface area contributed by atoms with Crippen molar-refractivity contribution in [2.24, 2.45) is 0 Å². The van der Waals surface area contributed by atoms with E-state index < -0.39 is 0 Å². The van der Waals surface area contributed by atoms with Gasteiger partial charge < -0.3 is 14.8 Å². The molecular weight excluding hydrogens is 306 g/mol. The largest absolute Gasteiger partial charge is 0.497 e. The first-order chi connectivity index (χ1) is 11.7. The molecule has 6 nitrogen and oxygen atoms in total. The quantitative estimate of drug-likeness (QED) is 0.786. The Morgan fingerprint density at radius 1 is 1.04 bits per heavy atom. The molecule has 24 heavy (non-hydrogen) atoms. The van der Waals surface area contributed by atoms with Crippen LogP contribution in [0.5, 0.6) is 11.5 Å². The van der Waals surface area contributed by atoms with E-state index in [1.54, 1.807) is 20.3 Å². The molecule has 0 saturated carbocycles. The fourth-order valence-electron chi connectivity index (χ4n) is 2.71. The molecule has 2 aromatic carbocycles. The number of hydrogen-bond acceptors (Lipinski definition) is 5. The van der Waals surface area contributed by atoms with E-state index in [0.717, 1.165) is 11.3 Å². The van der Waals surface area contributed by atoms with Crippen molar-refractivity contribution in [1.29, 1.82) is 0 Å². The molecule has 1 saturated heterocycles. The molecule has 3 N–H and O–H groups in total. The normalized spacial score (nSPS) is 19.8. The molecule has 0 bridgehead atoms. The molecule has 0 radical (unpaired) electrons. The highest BCUT2D eigenvalue weighted by Gasteiger charge is 2.30. The molecule has 1 aliphatic heterocycles. The number of methoxy groups -OCH3 is 2. The summed E-state index contributed by atoms with van der Waals surface area (Å²) in [5, 5.41) is 2.91. The number of nitrogens with one attached hydrogen (secondary N) is 3. The summed E-state index contributed by atoms with van der Waals surface area (Å²) in [4.78, 5) is 12.4. The van der Waals surface area contributed by atoms with Crippen molar-refractivity contribution in [3.8, 4) is 11.5 Å². The van der Waals surface area contributed by atoms with Gasteiger partial charge in [0.15, 0.2) is 0 Å². The number of hydrazine groups is 1. The van der Waals surface area contributed by atoms with Crippen molar-refractivity contribution in [2.75, 3.05) is 19.5 Å². The van der Waals surface area contributed by atoms with E-state index in [-0.39, 0.29) is 18.0 Å². The zero-order valence-corrected chi connectivity index (χ0v) is 13.7. The third-order valence-electron chi connectivity index (χ3n) is 4.08. The number of ether oxygens (including phenoxy) is 2. The predicted octanol–water partition coefficient (Wildman–Crippen LogP) is 2.25. The number of hydrogen-bond donors (Lipinski definition) is 3. The van der Waals surface area contributed by atoms with Gasteiger partial charge in [0.2, 0.25) is 5.91 Å². The number of rotatable bonds is 5. The molecule has 1 aliphatic rings. The maximum absolute atomic E-state index is 12.4. The lowest BCUT2D eigenvalue weighted by Crippen LogP contribution is -2.39. The highest BCUT2D eigenvalue weighted by Crippen LogP contribution is 2.25. The van der Waals surface area contributed by atoms with Gasteiger partial charge in [-0.3, -0.25) is 4.79 Å². The third kappa shape index (κ3) is 3.67. The molecule has 0 spiro atoms. The first-order valence-electron chi connectivity index (χ1n) is 7.79. The number of anilines is 1. The highest BCUT2D eigenvalue weighted by molar-refractivity contribution is 5.95. The SMILES string of the molecule is COc1ccc(C2CC(C(=O)Nc3cccc(OC)c3)NN2)cc1. The average molecular weight is 327 g/mol. The molecular formula is C18H21N3O3. The van der Waals surface area contributed by atoms with Crippen molar-refractivity contribution in [1.82, 2.24) is 10.9 Å². The van der Waals surface area contributed by atoms with Crippen LogP contribution >= 0.6 is 0 Å². The van der Waals surface area contributed by atoms with Crippen LogP contribution in [0.15, 0.2) is 48.5 Å². The van der Waals surface area contributed by atoms with Gasteiger partial charge in [-0.25, -0.2) is 10.9 Å². The van der Waals surface area contributed by atoms with Crippen molar-refractivity contribution < 1.29 is 14.3 Å². The van der Waals surface area contributed by atoms with Crippen LogP contribution in [0.2, 0.25) is 0 Å². The van der Waals surface area contributed by atoms with Crippen LogP contribution in [-0.2, 0) is 4.79 Å². The lowest BCUT2D eigenvalue weighted by Gasteiger charge is -2.11. The molecule has 1 amide bonds. The molecule has 1 fully saturated rings. The highest BCUT2D eigenvalue weighted by atomic mass is 16.5. The first-order valence-corrected chi connectivity index (χ1v) is 7.79. The van der Waals surface area contributed by atoms with Gasteiger partial charge in [-0.15, -0.1) is 0 Å². The van der Waals surface area contributed by atoms with Gasteiger partial charge in [-0.2, -0.15) is 0 Å². The van der Waals surface area contributed by atoms with Gasteiger partial charge in [0.25, 0.3) is 0 Å². The van der Waals surface area contributed by atoms with E-state index in [1.165, 1.54) is 0 Å². The van der Waals surface area contributed by atoms with Gasteiger partial charge in [0, 0.05) is 17.8 Å². The topological polar surface area (TPSA) is 71.6 Å². The Kier molecular flexibility index (Phi) is 4.98. The van der Waals surface area contributed by atoms with E-state index in [9.17, 15) is 4.79 Å². The summed E-state index contributed by atoms with van der Waals surface area (Å²) < 4.78 is 10.3. The van der Waals surface area contributed by atoms with Crippen LogP contribution in [0.1, 0.15) is 18.0 Å². The predicted molar refractivity (Wildman–Crippen MR) is 92.0 cm³/mol. The van der Waals surface area contributed by atoms with Crippen LogP contribution in [-0.4, -0.2) is 26.2 Å². The van der Waals surface area contributed by atoms with E-state index in [0.29, 0.717) is 17.9 Å². The Labute approximate surface area is 141 Å². The van der Waals surface area contributed by atoms with E-state index in [1.807, 2.05) is 42.5 Å². The van der Waals surface area contributed by atoms with Crippen LogP contribution in [0, 0.1) is 0 Å². The summed E-state index contributed by atoms with van der Waals surface area (Å²) in [6.07, 6.45) is 0.669. The van der Waals surface area contributed by atoms with Crippen LogP contribution in [0.3, 0.4) is 0 Å². The van der Waals surface area contributed by atoms with Crippen molar-refractivity contribution in [3.05, 3.63) is 54.1 Å². The summed E-state index contributed by atoms with van der Waals surface area (Å²) in [6, 6.07) is 14.9. The molecule has 2 aromatic rings. The molecule has 2 unspecified atom stereocenters. The summed E-state index contributed by atoms with van der Waals surface area (Å²) in [5.41, 5.74) is 8.06. The molecule has 6 heteroatoms. The van der Waals surface area contributed by atoms with Gasteiger partial charge in [-0.1, -0.05) is 18.2 Å². The first kappa shape index (κ1) is 16.3. The van der Waals surface area contributed by atoms with Crippen LogP contribution < -0.4 is 25.6 Å². The average Bonchev–Trinajstić information content (AvgIpc) is 3.12. The number of carbonyl (C=O) groups is 1. The Balaban J connectivity index is 1.60. The monoisotopic (exact) mass is 327 g/mol. The van der Waals surface area contributed by atoms with Gasteiger partial charge >= 0.3 is 0 Å². The molecule has 3 rings (SSSR count). The standard InChI is InChI=1S/C18H21N3O3/c1-23-14-8-6-12(7-9-14)16-11-17(21-20-16)18(22)19-13-4-3-5-15(10-13)24-2/h3-10,16-17,20-21H,11H2,1-2H3,(H,19,22). The summed E-state index contributed by atoms with van der Waals surface area (Å²) in [5.74, 6) is 1.45. The number of amides is 1. The molecule has 126 valence electrons. The smallest absolute Gasteiger partial charge is 0.242 e. The maximum Gasteiger partial charge on any atom is 0.242 e. The fraction of sp³-hybridized carbons (Fsp3) is 0.278. The van der Waals surface area contributed by atoms with Crippen molar-refractivity contribution in [2.45, 2.75) is 18.5 Å². The van der Waals surface area contributed by atoms with Crippen LogP contribution in [0.4, 0.5) is 5.69 Å². The summed E-state index contributed by atoms with van der Waals surface area (Å²) >= 11 is 0. The Bertz CT molecular complexity index is 703. The van der Waals surface area contributed by atoms with E-state index in [2.05, 4.69) is 16.2 Å². The Hall–Kier alpha value is -2.57. The summed E-state index contributed by atoms with van der Waals surface area (Å²) in [6.45, 7) is 0. The van der Waals surface area contributed by atoms with Gasteiger partial charge in [0.1, 0.15) is 17.5 Å². The maximum atomic E-state index is 12.4. The van der Waals surface area contributed by atoms with E-state index >= 15 is 0 Å². The second-order valence-corrected chi connectivity index (χ2v) is 5.62. The van der Waals surface area contributed by atoms with E-state index in [4.69, 9.17) is 9.47 Å². The molecule has 2 atom stereocenters. The molecule has 1 heterocycles. The lowest BCUT2D eigenvalue weighted by molar-refractivity contribution is -0.117. The minimum atomic E-state index is -0.302. The van der Waals surface area contributed by atoms with Crippen molar-refractivity contribution >= 4 is 11.6 Å². The minimum Gasteiger partial charge on any atom is -0.497 e. The number of benzene rings is 2. The third-order valence-corrected chi connectivity index (χ3v) is 4.08. The molecule has 0 aromatic heterocycles. The lowest BCUT2D eigenvalue weighted by atomic mass is 10.0. The zero-order chi connectivity index (χ0) is 16.9. The molecule has 0 aliphatic carbocycles. The Morgan fingerprint density at radius 3 is 2.50 bits per heavy atom. The Morgan fingerprint density at radius 2 is 1.79 bits per heavy atom. The zero-order valence-electron chi connectivity index (χ0n) is 13.7. The second kappa shape index (κ2) is 7.33. The van der Waals surface area contributed by atoms with Gasteiger partial charge in [0.05, 0.1) is 14.2 Å². The fourth-order valence-corrected chi connectivity index (χ4v) is 2.71. The second-order valence-electron chi connectivity index (χ2n) is 5.62. The van der Waals surface area contributed by atoms with Crippen molar-refractivity contribution in [3.63, 3.8) is 0 Å².